The van der Waals surface area contributed by atoms with Crippen LogP contribution in [0.15, 0.2) is 24.3 Å². The van der Waals surface area contributed by atoms with Crippen LogP contribution in [0.1, 0.15) is 25.3 Å². The first kappa shape index (κ1) is 12.9. The molecule has 0 radical (unpaired) electrons. The Bertz CT molecular complexity index is 396. The summed E-state index contributed by atoms with van der Waals surface area (Å²) in [5.74, 6) is 0.703. The molecular formula is C16H24N2O. The zero-order chi connectivity index (χ0) is 13.1. The van der Waals surface area contributed by atoms with Gasteiger partial charge in [-0.2, -0.15) is 0 Å². The number of rotatable bonds is 5. The lowest BCUT2D eigenvalue weighted by molar-refractivity contribution is 0.0873. The number of fused-ring (bicyclic) bond motifs is 1. The third-order valence-electron chi connectivity index (χ3n) is 4.39. The van der Waals surface area contributed by atoms with Crippen molar-refractivity contribution in [3.8, 4) is 0 Å². The Morgan fingerprint density at radius 1 is 1.32 bits per heavy atom. The van der Waals surface area contributed by atoms with Gasteiger partial charge in [-0.3, -0.25) is 0 Å². The number of para-hydroxylation sites is 1. The summed E-state index contributed by atoms with van der Waals surface area (Å²) in [7, 11) is 0. The molecule has 1 aromatic carbocycles. The number of hydrogen-bond donors (Lipinski definition) is 2. The van der Waals surface area contributed by atoms with Crippen LogP contribution in [0.25, 0.3) is 0 Å². The summed E-state index contributed by atoms with van der Waals surface area (Å²) >= 11 is 0. The van der Waals surface area contributed by atoms with Crippen molar-refractivity contribution in [3.63, 3.8) is 0 Å². The Morgan fingerprint density at radius 2 is 2.21 bits per heavy atom. The van der Waals surface area contributed by atoms with Crippen LogP contribution in [0.5, 0.6) is 0 Å². The molecule has 2 aliphatic heterocycles. The van der Waals surface area contributed by atoms with E-state index in [2.05, 4.69) is 41.8 Å². The number of benzene rings is 1. The normalized spacial score (nSPS) is 29.2. The minimum absolute atomic E-state index is 0.473. The van der Waals surface area contributed by atoms with Crippen molar-refractivity contribution >= 4 is 5.69 Å². The third kappa shape index (κ3) is 2.93. The molecule has 0 saturated carbocycles. The molecule has 3 heteroatoms. The van der Waals surface area contributed by atoms with E-state index in [0.29, 0.717) is 18.1 Å². The van der Waals surface area contributed by atoms with E-state index in [0.717, 1.165) is 32.5 Å². The Morgan fingerprint density at radius 3 is 3.05 bits per heavy atom. The van der Waals surface area contributed by atoms with Gasteiger partial charge in [0.1, 0.15) is 0 Å². The average Bonchev–Trinajstić information content (AvgIpc) is 3.04. The summed E-state index contributed by atoms with van der Waals surface area (Å²) in [5, 5.41) is 7.22. The topological polar surface area (TPSA) is 33.3 Å². The molecule has 1 aromatic rings. The van der Waals surface area contributed by atoms with Crippen molar-refractivity contribution in [2.24, 2.45) is 5.92 Å². The molecule has 104 valence electrons. The molecule has 0 aromatic heterocycles. The average molecular weight is 260 g/mol. The van der Waals surface area contributed by atoms with Gasteiger partial charge in [-0.05, 0) is 36.8 Å². The highest BCUT2D eigenvalue weighted by molar-refractivity contribution is 5.56. The van der Waals surface area contributed by atoms with E-state index in [1.807, 2.05) is 0 Å². The smallest absolute Gasteiger partial charge is 0.0613 e. The van der Waals surface area contributed by atoms with Crippen LogP contribution in [-0.2, 0) is 11.2 Å². The molecule has 1 saturated heterocycles. The van der Waals surface area contributed by atoms with Gasteiger partial charge >= 0.3 is 0 Å². The van der Waals surface area contributed by atoms with Crippen LogP contribution in [0.2, 0.25) is 0 Å². The number of nitrogens with one attached hydrogen (secondary N) is 2. The molecule has 2 heterocycles. The van der Waals surface area contributed by atoms with Gasteiger partial charge in [0.25, 0.3) is 0 Å². The molecule has 19 heavy (non-hydrogen) atoms. The summed E-state index contributed by atoms with van der Waals surface area (Å²) < 4.78 is 5.73. The molecule has 3 rings (SSSR count). The molecule has 1 fully saturated rings. The Hall–Kier alpha value is -1.06. The molecule has 3 unspecified atom stereocenters. The minimum atomic E-state index is 0.473. The second-order valence-corrected chi connectivity index (χ2v) is 5.73. The van der Waals surface area contributed by atoms with E-state index >= 15 is 0 Å². The van der Waals surface area contributed by atoms with Crippen LogP contribution in [-0.4, -0.2) is 31.8 Å². The number of hydrogen-bond acceptors (Lipinski definition) is 3. The molecule has 3 atom stereocenters. The van der Waals surface area contributed by atoms with Crippen LogP contribution in [0.4, 0.5) is 5.69 Å². The highest BCUT2D eigenvalue weighted by Gasteiger charge is 2.26. The lowest BCUT2D eigenvalue weighted by atomic mass is 9.99. The van der Waals surface area contributed by atoms with Crippen LogP contribution >= 0.6 is 0 Å². The zero-order valence-electron chi connectivity index (χ0n) is 11.7. The lowest BCUT2D eigenvalue weighted by Gasteiger charge is -2.19. The molecule has 0 amide bonds. The largest absolute Gasteiger partial charge is 0.380 e. The maximum absolute atomic E-state index is 5.73. The fourth-order valence-corrected chi connectivity index (χ4v) is 3.32. The maximum atomic E-state index is 5.73. The maximum Gasteiger partial charge on any atom is 0.0613 e. The summed E-state index contributed by atoms with van der Waals surface area (Å²) in [6, 6.07) is 9.16. The first-order valence-electron chi connectivity index (χ1n) is 7.53. The van der Waals surface area contributed by atoms with E-state index < -0.39 is 0 Å². The lowest BCUT2D eigenvalue weighted by Crippen LogP contribution is -2.36. The summed E-state index contributed by atoms with van der Waals surface area (Å²) in [4.78, 5) is 0. The van der Waals surface area contributed by atoms with Crippen molar-refractivity contribution in [1.82, 2.24) is 5.32 Å². The van der Waals surface area contributed by atoms with Gasteiger partial charge in [-0.25, -0.2) is 0 Å². The van der Waals surface area contributed by atoms with E-state index in [1.54, 1.807) is 0 Å². The molecule has 0 aliphatic carbocycles. The first-order valence-corrected chi connectivity index (χ1v) is 7.53. The Kier molecular flexibility index (Phi) is 4.04. The molecule has 3 nitrogen and oxygen atoms in total. The molecule has 0 spiro atoms. The molecule has 2 N–H and O–H groups in total. The van der Waals surface area contributed by atoms with E-state index in [4.69, 9.17) is 4.74 Å². The fraction of sp³-hybridized carbons (Fsp3) is 0.625. The van der Waals surface area contributed by atoms with Crippen molar-refractivity contribution in [2.75, 3.05) is 25.0 Å². The van der Waals surface area contributed by atoms with Gasteiger partial charge < -0.3 is 15.4 Å². The van der Waals surface area contributed by atoms with E-state index in [1.165, 1.54) is 17.7 Å². The van der Waals surface area contributed by atoms with Crippen LogP contribution in [0.3, 0.4) is 0 Å². The second kappa shape index (κ2) is 5.93. The Balaban J connectivity index is 1.42. The van der Waals surface area contributed by atoms with Gasteiger partial charge in [0.2, 0.25) is 0 Å². The second-order valence-electron chi connectivity index (χ2n) is 5.73. The summed E-state index contributed by atoms with van der Waals surface area (Å²) in [6.07, 6.45) is 3.96. The predicted molar refractivity (Wildman–Crippen MR) is 78.6 cm³/mol. The van der Waals surface area contributed by atoms with E-state index in [9.17, 15) is 0 Å². The number of anilines is 1. The molecular weight excluding hydrogens is 236 g/mol. The monoisotopic (exact) mass is 260 g/mol. The van der Waals surface area contributed by atoms with Gasteiger partial charge in [0.05, 0.1) is 6.10 Å². The predicted octanol–water partition coefficient (Wildman–Crippen LogP) is 2.43. The van der Waals surface area contributed by atoms with Crippen molar-refractivity contribution < 1.29 is 4.74 Å². The zero-order valence-corrected chi connectivity index (χ0v) is 11.7. The van der Waals surface area contributed by atoms with E-state index in [-0.39, 0.29) is 0 Å². The summed E-state index contributed by atoms with van der Waals surface area (Å²) in [5.41, 5.74) is 2.76. The third-order valence-corrected chi connectivity index (χ3v) is 4.39. The SMILES string of the molecule is CCC1OCCC1CNCC1Cc2ccccc2N1. The minimum Gasteiger partial charge on any atom is -0.380 e. The highest BCUT2D eigenvalue weighted by Crippen LogP contribution is 2.25. The van der Waals surface area contributed by atoms with Gasteiger partial charge in [-0.1, -0.05) is 25.1 Å². The van der Waals surface area contributed by atoms with Gasteiger partial charge in [0.15, 0.2) is 0 Å². The fourth-order valence-electron chi connectivity index (χ4n) is 3.32. The van der Waals surface area contributed by atoms with Crippen LogP contribution in [0, 0.1) is 5.92 Å². The molecule has 0 bridgehead atoms. The summed E-state index contributed by atoms with van der Waals surface area (Å²) in [6.45, 7) is 5.30. The van der Waals surface area contributed by atoms with Gasteiger partial charge in [0, 0.05) is 31.4 Å². The van der Waals surface area contributed by atoms with Gasteiger partial charge in [-0.15, -0.1) is 0 Å². The quantitative estimate of drug-likeness (QED) is 0.853. The first-order chi connectivity index (χ1) is 9.36. The standard InChI is InChI=1S/C16H24N2O/c1-2-16-13(7-8-19-16)10-17-11-14-9-12-5-3-4-6-15(12)18-14/h3-6,13-14,16-18H,2,7-11H2,1H3. The number of ether oxygens (including phenoxy) is 1. The van der Waals surface area contributed by atoms with Crippen LogP contribution < -0.4 is 10.6 Å². The van der Waals surface area contributed by atoms with Crippen molar-refractivity contribution in [3.05, 3.63) is 29.8 Å². The molecule has 2 aliphatic rings. The highest BCUT2D eigenvalue weighted by atomic mass is 16.5. The van der Waals surface area contributed by atoms with Crippen molar-refractivity contribution in [2.45, 2.75) is 38.3 Å². The Labute approximate surface area is 115 Å². The van der Waals surface area contributed by atoms with Crippen molar-refractivity contribution in [1.29, 1.82) is 0 Å².